The average Bonchev–Trinajstić information content (AvgIpc) is 3.31. The fraction of sp³-hybridized carbons (Fsp3) is 0.393. The molecule has 1 heterocycles. The topological polar surface area (TPSA) is 39.4 Å². The van der Waals surface area contributed by atoms with Crippen molar-refractivity contribution < 1.29 is 49.1 Å². The van der Waals surface area contributed by atoms with Crippen LogP contribution in [0.2, 0.25) is 0 Å². The summed E-state index contributed by atoms with van der Waals surface area (Å²) in [5, 5.41) is 0.693. The van der Waals surface area contributed by atoms with Crippen molar-refractivity contribution in [3.05, 3.63) is 66.2 Å². The highest BCUT2D eigenvalue weighted by molar-refractivity contribution is 7.99. The van der Waals surface area contributed by atoms with Gasteiger partial charge in [-0.05, 0) is 43.2 Å². The normalized spacial score (nSPS) is 13.1. The summed E-state index contributed by atoms with van der Waals surface area (Å²) < 4.78 is 123. The second-order valence-electron chi connectivity index (χ2n) is 9.14. The number of halogens is 8. The maximum absolute atomic E-state index is 14.3. The van der Waals surface area contributed by atoms with Gasteiger partial charge in [-0.1, -0.05) is 37.8 Å². The van der Waals surface area contributed by atoms with Gasteiger partial charge < -0.3 is 9.15 Å². The van der Waals surface area contributed by atoms with E-state index in [2.05, 4.69) is 11.3 Å². The standard InChI is InChI=1S/C28H26F8O3S/c1-4-18-7-5-6-8-21(18)23-15-19-9-10-20(16-22(19)39-23)40-14-12-26(31,32)28(35,36)27(33,34)25(29,30)11-13-38-24(37)17(2)3/h5-10,15-16H,2,4,11-14H2,1,3H3. The van der Waals surface area contributed by atoms with Crippen molar-refractivity contribution in [1.82, 2.24) is 0 Å². The highest BCUT2D eigenvalue weighted by atomic mass is 32.2. The zero-order valence-electron chi connectivity index (χ0n) is 21.5. The lowest BCUT2D eigenvalue weighted by Crippen LogP contribution is -2.62. The summed E-state index contributed by atoms with van der Waals surface area (Å²) in [4.78, 5) is 11.5. The smallest absolute Gasteiger partial charge is 0.378 e. The van der Waals surface area contributed by atoms with Gasteiger partial charge in [0.05, 0.1) is 13.0 Å². The number of hydrogen-bond donors (Lipinski definition) is 0. The minimum Gasteiger partial charge on any atom is -0.462 e. The van der Waals surface area contributed by atoms with Crippen LogP contribution in [0.25, 0.3) is 22.3 Å². The number of fused-ring (bicyclic) bond motifs is 1. The van der Waals surface area contributed by atoms with Crippen molar-refractivity contribution in [1.29, 1.82) is 0 Å². The van der Waals surface area contributed by atoms with Crippen molar-refractivity contribution in [2.75, 3.05) is 12.4 Å². The van der Waals surface area contributed by atoms with Gasteiger partial charge in [-0.2, -0.15) is 35.1 Å². The van der Waals surface area contributed by atoms with Gasteiger partial charge in [0.15, 0.2) is 0 Å². The first-order valence-electron chi connectivity index (χ1n) is 12.1. The first-order valence-corrected chi connectivity index (χ1v) is 13.1. The molecule has 2 aromatic carbocycles. The minimum atomic E-state index is -6.43. The SMILES string of the molecule is C=C(C)C(=O)OCCC(F)(F)C(F)(F)C(F)(F)C(F)(F)CCSc1ccc2cc(-c3ccccc3CC)oc2c1. The Bertz CT molecular complexity index is 1370. The molecule has 0 fully saturated rings. The number of benzene rings is 2. The van der Waals surface area contributed by atoms with Gasteiger partial charge in [0, 0.05) is 33.6 Å². The third-order valence-electron chi connectivity index (χ3n) is 6.15. The molecule has 0 saturated carbocycles. The molecule has 0 atom stereocenters. The molecule has 218 valence electrons. The van der Waals surface area contributed by atoms with Crippen LogP contribution in [0.15, 0.2) is 70.0 Å². The number of rotatable bonds is 13. The molecule has 0 bridgehead atoms. The fourth-order valence-corrected chi connectivity index (χ4v) is 4.72. The quantitative estimate of drug-likeness (QED) is 0.0856. The van der Waals surface area contributed by atoms with E-state index in [0.29, 0.717) is 33.4 Å². The van der Waals surface area contributed by atoms with Gasteiger partial charge in [-0.25, -0.2) is 4.79 Å². The van der Waals surface area contributed by atoms with Crippen LogP contribution in [0.3, 0.4) is 0 Å². The molecule has 3 rings (SSSR count). The van der Waals surface area contributed by atoms with Crippen LogP contribution in [0.1, 0.15) is 32.3 Å². The van der Waals surface area contributed by atoms with Crippen LogP contribution in [-0.2, 0) is 16.0 Å². The molecule has 3 nitrogen and oxygen atoms in total. The number of aryl methyl sites for hydroxylation is 1. The number of esters is 1. The molecule has 40 heavy (non-hydrogen) atoms. The largest absolute Gasteiger partial charge is 0.462 e. The Hall–Kier alpha value is -3.02. The molecule has 1 aromatic heterocycles. The van der Waals surface area contributed by atoms with E-state index in [4.69, 9.17) is 4.42 Å². The molecule has 0 spiro atoms. The number of hydrogen-bond acceptors (Lipinski definition) is 4. The minimum absolute atomic E-state index is 0.252. The van der Waals surface area contributed by atoms with E-state index in [9.17, 15) is 39.9 Å². The molecule has 0 aliphatic rings. The third-order valence-corrected chi connectivity index (χ3v) is 7.15. The molecule has 0 aliphatic carbocycles. The van der Waals surface area contributed by atoms with Gasteiger partial charge in [-0.15, -0.1) is 11.8 Å². The Morgan fingerprint density at radius 1 is 0.925 bits per heavy atom. The molecule has 0 radical (unpaired) electrons. The average molecular weight is 595 g/mol. The number of carbonyl (C=O) groups is 1. The van der Waals surface area contributed by atoms with Crippen LogP contribution in [0.4, 0.5) is 35.1 Å². The van der Waals surface area contributed by atoms with Gasteiger partial charge in [0.1, 0.15) is 11.3 Å². The molecule has 0 unspecified atom stereocenters. The monoisotopic (exact) mass is 594 g/mol. The van der Waals surface area contributed by atoms with Crippen LogP contribution in [0.5, 0.6) is 0 Å². The van der Waals surface area contributed by atoms with E-state index >= 15 is 0 Å². The second-order valence-corrected chi connectivity index (χ2v) is 10.3. The molecule has 0 aliphatic heterocycles. The Kier molecular flexibility index (Phi) is 9.33. The fourth-order valence-electron chi connectivity index (χ4n) is 3.77. The van der Waals surface area contributed by atoms with E-state index in [1.54, 1.807) is 12.1 Å². The Morgan fingerprint density at radius 3 is 2.17 bits per heavy atom. The number of furan rings is 1. The number of ether oxygens (including phenoxy) is 1. The van der Waals surface area contributed by atoms with Crippen LogP contribution >= 0.6 is 11.8 Å². The van der Waals surface area contributed by atoms with E-state index in [1.807, 2.05) is 31.2 Å². The molecule has 3 aromatic rings. The number of alkyl halides is 8. The summed E-state index contributed by atoms with van der Waals surface area (Å²) in [5.41, 5.74) is 2.04. The van der Waals surface area contributed by atoms with Crippen molar-refractivity contribution in [2.45, 2.75) is 61.7 Å². The van der Waals surface area contributed by atoms with E-state index in [1.165, 1.54) is 12.1 Å². The Morgan fingerprint density at radius 2 is 1.55 bits per heavy atom. The van der Waals surface area contributed by atoms with Gasteiger partial charge in [0.2, 0.25) is 0 Å². The summed E-state index contributed by atoms with van der Waals surface area (Å²) in [7, 11) is 0. The third kappa shape index (κ3) is 6.31. The van der Waals surface area contributed by atoms with Crippen molar-refractivity contribution >= 4 is 28.7 Å². The summed E-state index contributed by atoms with van der Waals surface area (Å²) >= 11 is 0.657. The molecule has 0 amide bonds. The van der Waals surface area contributed by atoms with Crippen molar-refractivity contribution in [3.8, 4) is 11.3 Å². The molecule has 0 saturated heterocycles. The molecular weight excluding hydrogens is 568 g/mol. The predicted octanol–water partition coefficient (Wildman–Crippen LogP) is 9.19. The molecular formula is C28H26F8O3S. The zero-order valence-corrected chi connectivity index (χ0v) is 22.3. The lowest BCUT2D eigenvalue weighted by Gasteiger charge is -2.36. The zero-order chi connectivity index (χ0) is 29.9. The van der Waals surface area contributed by atoms with Crippen LogP contribution in [0, 0.1) is 0 Å². The maximum atomic E-state index is 14.3. The highest BCUT2D eigenvalue weighted by Crippen LogP contribution is 2.54. The van der Waals surface area contributed by atoms with Crippen molar-refractivity contribution in [3.63, 3.8) is 0 Å². The predicted molar refractivity (Wildman–Crippen MR) is 137 cm³/mol. The molecule has 0 N–H and O–H groups in total. The summed E-state index contributed by atoms with van der Waals surface area (Å²) in [5.74, 6) is -25.3. The lowest BCUT2D eigenvalue weighted by molar-refractivity contribution is -0.367. The Labute approximate surface area is 229 Å². The van der Waals surface area contributed by atoms with Crippen molar-refractivity contribution in [2.24, 2.45) is 0 Å². The lowest BCUT2D eigenvalue weighted by atomic mass is 9.95. The van der Waals surface area contributed by atoms with E-state index in [0.717, 1.165) is 24.5 Å². The first kappa shape index (κ1) is 31.5. The number of carbonyl (C=O) groups excluding carboxylic acids is 1. The van der Waals surface area contributed by atoms with E-state index in [-0.39, 0.29) is 5.57 Å². The van der Waals surface area contributed by atoms with Gasteiger partial charge in [0.25, 0.3) is 0 Å². The first-order chi connectivity index (χ1) is 18.5. The maximum Gasteiger partial charge on any atom is 0.378 e. The molecule has 12 heteroatoms. The van der Waals surface area contributed by atoms with Crippen LogP contribution in [-0.4, -0.2) is 42.0 Å². The number of thioether (sulfide) groups is 1. The summed E-state index contributed by atoms with van der Waals surface area (Å²) in [6.07, 6.45) is -3.15. The Balaban J connectivity index is 1.68. The van der Waals surface area contributed by atoms with Gasteiger partial charge in [-0.3, -0.25) is 0 Å². The highest BCUT2D eigenvalue weighted by Gasteiger charge is 2.79. The van der Waals surface area contributed by atoms with Gasteiger partial charge >= 0.3 is 29.7 Å². The second kappa shape index (κ2) is 11.8. The van der Waals surface area contributed by atoms with Crippen LogP contribution < -0.4 is 0 Å². The summed E-state index contributed by atoms with van der Waals surface area (Å²) in [6, 6.07) is 14.0. The van der Waals surface area contributed by atoms with E-state index < -0.39 is 54.9 Å². The summed E-state index contributed by atoms with van der Waals surface area (Å²) in [6.45, 7) is 4.86.